The third-order valence-electron chi connectivity index (χ3n) is 3.36. The van der Waals surface area contributed by atoms with Crippen molar-refractivity contribution in [3.63, 3.8) is 0 Å². The maximum absolute atomic E-state index is 11.7. The van der Waals surface area contributed by atoms with Gasteiger partial charge in [0.1, 0.15) is 5.76 Å². The minimum atomic E-state index is -3.23. The van der Waals surface area contributed by atoms with E-state index in [9.17, 15) is 13.2 Å². The van der Waals surface area contributed by atoms with E-state index < -0.39 is 10.0 Å². The van der Waals surface area contributed by atoms with Gasteiger partial charge in [-0.15, -0.1) is 0 Å². The second-order valence-electron chi connectivity index (χ2n) is 4.75. The monoisotopic (exact) mass is 291 g/mol. The molecule has 3 rings (SSSR count). The van der Waals surface area contributed by atoms with Crippen LogP contribution in [0.3, 0.4) is 0 Å². The van der Waals surface area contributed by atoms with Gasteiger partial charge in [0.25, 0.3) is 0 Å². The van der Waals surface area contributed by atoms with Gasteiger partial charge in [0.15, 0.2) is 12.0 Å². The summed E-state index contributed by atoms with van der Waals surface area (Å²) in [6, 6.07) is 8.83. The SMILES string of the molecule is CS(=O)(=O)N1CCc2cc(-c3ccc(C=O)o3)ccc21. The third-order valence-corrected chi connectivity index (χ3v) is 4.54. The number of rotatable bonds is 3. The Bertz CT molecular complexity index is 776. The zero-order valence-electron chi connectivity index (χ0n) is 10.9. The fourth-order valence-corrected chi connectivity index (χ4v) is 3.40. The van der Waals surface area contributed by atoms with Crippen LogP contribution in [0.2, 0.25) is 0 Å². The van der Waals surface area contributed by atoms with Gasteiger partial charge in [-0.25, -0.2) is 8.42 Å². The van der Waals surface area contributed by atoms with Crippen molar-refractivity contribution in [3.05, 3.63) is 41.7 Å². The van der Waals surface area contributed by atoms with E-state index in [0.29, 0.717) is 25.0 Å². The van der Waals surface area contributed by atoms with E-state index >= 15 is 0 Å². The Morgan fingerprint density at radius 2 is 2.05 bits per heavy atom. The molecule has 1 aromatic heterocycles. The average Bonchev–Trinajstić information content (AvgIpc) is 3.03. The third kappa shape index (κ3) is 2.12. The summed E-state index contributed by atoms with van der Waals surface area (Å²) in [7, 11) is -3.23. The molecular formula is C14H13NO4S. The maximum Gasteiger partial charge on any atom is 0.232 e. The molecule has 6 heteroatoms. The van der Waals surface area contributed by atoms with Gasteiger partial charge in [0.2, 0.25) is 10.0 Å². The fraction of sp³-hybridized carbons (Fsp3) is 0.214. The molecule has 0 spiro atoms. The molecule has 2 heterocycles. The first-order chi connectivity index (χ1) is 9.49. The molecule has 0 aliphatic carbocycles. The minimum absolute atomic E-state index is 0.276. The number of carbonyl (C=O) groups excluding carboxylic acids is 1. The molecule has 0 atom stereocenters. The summed E-state index contributed by atoms with van der Waals surface area (Å²) in [5.74, 6) is 0.881. The highest BCUT2D eigenvalue weighted by atomic mass is 32.2. The van der Waals surface area contributed by atoms with Crippen molar-refractivity contribution in [2.45, 2.75) is 6.42 Å². The van der Waals surface area contributed by atoms with Gasteiger partial charge in [-0.1, -0.05) is 0 Å². The molecule has 1 aromatic carbocycles. The van der Waals surface area contributed by atoms with Crippen LogP contribution in [-0.4, -0.2) is 27.5 Å². The Balaban J connectivity index is 2.01. The summed E-state index contributed by atoms with van der Waals surface area (Å²) in [5, 5.41) is 0. The quantitative estimate of drug-likeness (QED) is 0.812. The van der Waals surface area contributed by atoms with Gasteiger partial charge in [-0.2, -0.15) is 0 Å². The largest absolute Gasteiger partial charge is 0.453 e. The van der Waals surface area contributed by atoms with Crippen LogP contribution in [-0.2, 0) is 16.4 Å². The van der Waals surface area contributed by atoms with Crippen molar-refractivity contribution >= 4 is 22.0 Å². The van der Waals surface area contributed by atoms with Crippen LogP contribution in [0.4, 0.5) is 5.69 Å². The molecule has 0 saturated heterocycles. The summed E-state index contributed by atoms with van der Waals surface area (Å²) < 4.78 is 30.1. The van der Waals surface area contributed by atoms with Gasteiger partial charge in [0, 0.05) is 12.1 Å². The Morgan fingerprint density at radius 3 is 2.70 bits per heavy atom. The lowest BCUT2D eigenvalue weighted by Gasteiger charge is -2.16. The van der Waals surface area contributed by atoms with E-state index in [1.807, 2.05) is 6.07 Å². The van der Waals surface area contributed by atoms with Crippen molar-refractivity contribution < 1.29 is 17.6 Å². The molecule has 2 aromatic rings. The van der Waals surface area contributed by atoms with Crippen molar-refractivity contribution in [3.8, 4) is 11.3 Å². The van der Waals surface area contributed by atoms with Crippen LogP contribution in [0.25, 0.3) is 11.3 Å². The molecule has 0 bridgehead atoms. The summed E-state index contributed by atoms with van der Waals surface area (Å²) in [6.45, 7) is 0.468. The fourth-order valence-electron chi connectivity index (χ4n) is 2.44. The Labute approximate surface area is 116 Å². The highest BCUT2D eigenvalue weighted by molar-refractivity contribution is 7.92. The second-order valence-corrected chi connectivity index (χ2v) is 6.66. The van der Waals surface area contributed by atoms with E-state index in [4.69, 9.17) is 4.42 Å². The van der Waals surface area contributed by atoms with Crippen LogP contribution in [0, 0.1) is 0 Å². The molecule has 0 saturated carbocycles. The number of fused-ring (bicyclic) bond motifs is 1. The van der Waals surface area contributed by atoms with Crippen molar-refractivity contribution in [2.75, 3.05) is 17.1 Å². The smallest absolute Gasteiger partial charge is 0.232 e. The van der Waals surface area contributed by atoms with Crippen LogP contribution in [0.1, 0.15) is 16.1 Å². The second kappa shape index (κ2) is 4.49. The standard InChI is InChI=1S/C14H13NO4S/c1-20(17,18)15-7-6-10-8-11(2-4-13(10)15)14-5-3-12(9-16)19-14/h2-5,8-9H,6-7H2,1H3. The molecule has 1 aliphatic heterocycles. The van der Waals surface area contributed by atoms with E-state index in [-0.39, 0.29) is 5.76 Å². The van der Waals surface area contributed by atoms with Gasteiger partial charge in [0.05, 0.1) is 11.9 Å². The number of furan rings is 1. The van der Waals surface area contributed by atoms with E-state index in [0.717, 1.165) is 16.8 Å². The lowest BCUT2D eigenvalue weighted by atomic mass is 10.1. The van der Waals surface area contributed by atoms with E-state index in [1.165, 1.54) is 10.6 Å². The lowest BCUT2D eigenvalue weighted by Crippen LogP contribution is -2.27. The molecule has 0 amide bonds. The number of sulfonamides is 1. The highest BCUT2D eigenvalue weighted by Crippen LogP contribution is 2.34. The number of anilines is 1. The highest BCUT2D eigenvalue weighted by Gasteiger charge is 2.26. The van der Waals surface area contributed by atoms with Crippen LogP contribution in [0.15, 0.2) is 34.7 Å². The molecule has 5 nitrogen and oxygen atoms in total. The number of carbonyl (C=O) groups is 1. The molecular weight excluding hydrogens is 278 g/mol. The number of hydrogen-bond acceptors (Lipinski definition) is 4. The van der Waals surface area contributed by atoms with Gasteiger partial charge < -0.3 is 4.42 Å². The lowest BCUT2D eigenvalue weighted by molar-refractivity contribution is 0.110. The number of hydrogen-bond donors (Lipinski definition) is 0. The Hall–Kier alpha value is -2.08. The number of aldehydes is 1. The first kappa shape index (κ1) is 12.9. The van der Waals surface area contributed by atoms with Gasteiger partial charge >= 0.3 is 0 Å². The Morgan fingerprint density at radius 1 is 1.25 bits per heavy atom. The molecule has 104 valence electrons. The summed E-state index contributed by atoms with van der Waals surface area (Å²) in [6.07, 6.45) is 2.54. The van der Waals surface area contributed by atoms with Crippen molar-refractivity contribution in [1.82, 2.24) is 0 Å². The van der Waals surface area contributed by atoms with Crippen LogP contribution < -0.4 is 4.31 Å². The topological polar surface area (TPSA) is 67.6 Å². The molecule has 1 aliphatic rings. The van der Waals surface area contributed by atoms with Crippen LogP contribution in [0.5, 0.6) is 0 Å². The normalized spacial score (nSPS) is 14.3. The summed E-state index contributed by atoms with van der Waals surface area (Å²) in [5.41, 5.74) is 2.53. The molecule has 20 heavy (non-hydrogen) atoms. The zero-order valence-corrected chi connectivity index (χ0v) is 11.7. The van der Waals surface area contributed by atoms with Crippen molar-refractivity contribution in [2.24, 2.45) is 0 Å². The first-order valence-corrected chi connectivity index (χ1v) is 8.00. The van der Waals surface area contributed by atoms with Crippen LogP contribution >= 0.6 is 0 Å². The first-order valence-electron chi connectivity index (χ1n) is 6.15. The van der Waals surface area contributed by atoms with Gasteiger partial charge in [-0.3, -0.25) is 9.10 Å². The molecule has 0 unspecified atom stereocenters. The summed E-state index contributed by atoms with van der Waals surface area (Å²) in [4.78, 5) is 10.6. The number of nitrogens with zero attached hydrogens (tertiary/aromatic N) is 1. The van der Waals surface area contributed by atoms with E-state index in [2.05, 4.69) is 0 Å². The van der Waals surface area contributed by atoms with Crippen molar-refractivity contribution in [1.29, 1.82) is 0 Å². The Kier molecular flexibility index (Phi) is 2.90. The van der Waals surface area contributed by atoms with E-state index in [1.54, 1.807) is 24.3 Å². The average molecular weight is 291 g/mol. The number of benzene rings is 1. The summed E-state index contributed by atoms with van der Waals surface area (Å²) >= 11 is 0. The molecule has 0 radical (unpaired) electrons. The zero-order chi connectivity index (χ0) is 14.3. The maximum atomic E-state index is 11.7. The molecule has 0 fully saturated rings. The predicted molar refractivity (Wildman–Crippen MR) is 75.4 cm³/mol. The predicted octanol–water partition coefficient (Wildman–Crippen LogP) is 2.08. The molecule has 0 N–H and O–H groups in total. The minimum Gasteiger partial charge on any atom is -0.453 e. The van der Waals surface area contributed by atoms with Gasteiger partial charge in [-0.05, 0) is 42.3 Å².